The Morgan fingerprint density at radius 1 is 1.13 bits per heavy atom. The van der Waals surface area contributed by atoms with E-state index in [1.807, 2.05) is 6.92 Å². The molecule has 0 aliphatic rings. The monoisotopic (exact) mass is 437 g/mol. The first-order chi connectivity index (χ1) is 14.0. The van der Waals surface area contributed by atoms with E-state index in [0.29, 0.717) is 33.3 Å². The Hall–Kier alpha value is -2.38. The summed E-state index contributed by atoms with van der Waals surface area (Å²) in [6.07, 6.45) is -0.693. The molecule has 0 radical (unpaired) electrons. The number of fused-ring (bicyclic) bond motifs is 1. The fraction of sp³-hybridized carbons (Fsp3) is 0.364. The number of halogens is 4. The van der Waals surface area contributed by atoms with Gasteiger partial charge in [-0.3, -0.25) is 9.97 Å². The molecule has 2 aromatic heterocycles. The van der Waals surface area contributed by atoms with Crippen LogP contribution in [-0.4, -0.2) is 22.1 Å². The van der Waals surface area contributed by atoms with Crippen molar-refractivity contribution in [3.8, 4) is 17.0 Å². The molecule has 0 saturated carbocycles. The zero-order valence-corrected chi connectivity index (χ0v) is 17.7. The molecular weight excluding hydrogens is 415 g/mol. The summed E-state index contributed by atoms with van der Waals surface area (Å²) in [6, 6.07) is 6.76. The third-order valence-corrected chi connectivity index (χ3v) is 4.89. The maximum absolute atomic E-state index is 13.0. The minimum Gasteiger partial charge on any atom is -0.488 e. The molecule has 1 atom stereocenters. The van der Waals surface area contributed by atoms with Gasteiger partial charge in [-0.05, 0) is 43.5 Å². The molecule has 30 heavy (non-hydrogen) atoms. The van der Waals surface area contributed by atoms with Gasteiger partial charge in [-0.2, -0.15) is 13.2 Å². The number of nitrogens with zero attached hydrogens (tertiary/aromatic N) is 2. The quantitative estimate of drug-likeness (QED) is 0.505. The van der Waals surface area contributed by atoms with Gasteiger partial charge >= 0.3 is 6.18 Å². The fourth-order valence-electron chi connectivity index (χ4n) is 3.45. The van der Waals surface area contributed by atoms with E-state index in [4.69, 9.17) is 22.1 Å². The second-order valence-corrected chi connectivity index (χ2v) is 8.54. The Labute approximate surface area is 178 Å². The smallest absolute Gasteiger partial charge is 0.416 e. The van der Waals surface area contributed by atoms with Gasteiger partial charge in [0.25, 0.3) is 0 Å². The van der Waals surface area contributed by atoms with E-state index >= 15 is 0 Å². The molecule has 0 amide bonds. The first kappa shape index (κ1) is 22.3. The Bertz CT molecular complexity index is 1050. The highest BCUT2D eigenvalue weighted by atomic mass is 35.5. The third kappa shape index (κ3) is 5.21. The molecule has 0 bridgehead atoms. The lowest BCUT2D eigenvalue weighted by atomic mass is 9.93. The highest BCUT2D eigenvalue weighted by molar-refractivity contribution is 6.32. The fourth-order valence-corrected chi connectivity index (χ4v) is 3.66. The number of alkyl halides is 3. The van der Waals surface area contributed by atoms with E-state index in [1.54, 1.807) is 12.1 Å². The van der Waals surface area contributed by atoms with Gasteiger partial charge in [-0.1, -0.05) is 31.5 Å². The van der Waals surface area contributed by atoms with Crippen LogP contribution < -0.4 is 10.5 Å². The Morgan fingerprint density at radius 3 is 2.50 bits per heavy atom. The largest absolute Gasteiger partial charge is 0.488 e. The zero-order valence-electron chi connectivity index (χ0n) is 16.9. The SMILES string of the molecule is CC(C)CC(C)(N)COc1cnc(-c2ccnc3cc(C(F)(F)F)ccc23)cc1Cl. The molecule has 3 rings (SSSR count). The normalized spacial score (nSPS) is 14.2. The van der Waals surface area contributed by atoms with Crippen LogP contribution in [0.5, 0.6) is 5.75 Å². The number of rotatable bonds is 6. The van der Waals surface area contributed by atoms with Gasteiger partial charge in [0.15, 0.2) is 5.75 Å². The van der Waals surface area contributed by atoms with Crippen molar-refractivity contribution in [2.24, 2.45) is 11.7 Å². The molecule has 8 heteroatoms. The van der Waals surface area contributed by atoms with Crippen LogP contribution in [0.4, 0.5) is 13.2 Å². The summed E-state index contributed by atoms with van der Waals surface area (Å²) in [7, 11) is 0. The van der Waals surface area contributed by atoms with E-state index in [2.05, 4.69) is 23.8 Å². The predicted molar refractivity (Wildman–Crippen MR) is 113 cm³/mol. The van der Waals surface area contributed by atoms with Crippen molar-refractivity contribution >= 4 is 22.5 Å². The summed E-state index contributed by atoms with van der Waals surface area (Å²) in [6.45, 7) is 6.38. The topological polar surface area (TPSA) is 61.0 Å². The number of ether oxygens (including phenoxy) is 1. The second-order valence-electron chi connectivity index (χ2n) is 8.13. The van der Waals surface area contributed by atoms with E-state index in [1.165, 1.54) is 18.5 Å². The molecule has 4 nitrogen and oxygen atoms in total. The predicted octanol–water partition coefficient (Wildman–Crippen LogP) is 6.11. The first-order valence-corrected chi connectivity index (χ1v) is 9.88. The molecule has 1 unspecified atom stereocenters. The maximum atomic E-state index is 13.0. The van der Waals surface area contributed by atoms with Crippen molar-refractivity contribution in [2.75, 3.05) is 6.61 Å². The zero-order chi connectivity index (χ0) is 22.1. The van der Waals surface area contributed by atoms with Crippen LogP contribution in [0.15, 0.2) is 42.7 Å². The van der Waals surface area contributed by atoms with E-state index in [9.17, 15) is 13.2 Å². The summed E-state index contributed by atoms with van der Waals surface area (Å²) in [4.78, 5) is 8.45. The van der Waals surface area contributed by atoms with E-state index in [0.717, 1.165) is 18.6 Å². The van der Waals surface area contributed by atoms with E-state index < -0.39 is 17.3 Å². The van der Waals surface area contributed by atoms with Gasteiger partial charge in [-0.25, -0.2) is 0 Å². The average molecular weight is 438 g/mol. The van der Waals surface area contributed by atoms with Crippen molar-refractivity contribution in [1.29, 1.82) is 0 Å². The highest BCUT2D eigenvalue weighted by Crippen LogP contribution is 2.35. The van der Waals surface area contributed by atoms with Crippen molar-refractivity contribution in [2.45, 2.75) is 38.9 Å². The number of hydrogen-bond donors (Lipinski definition) is 1. The van der Waals surface area contributed by atoms with Gasteiger partial charge in [0.05, 0.1) is 28.0 Å². The van der Waals surface area contributed by atoms with Gasteiger partial charge in [0.1, 0.15) is 6.61 Å². The average Bonchev–Trinajstić information content (AvgIpc) is 2.64. The Balaban J connectivity index is 1.88. The van der Waals surface area contributed by atoms with Gasteiger partial charge in [0.2, 0.25) is 0 Å². The highest BCUT2D eigenvalue weighted by Gasteiger charge is 2.30. The number of nitrogens with two attached hydrogens (primary N) is 1. The first-order valence-electron chi connectivity index (χ1n) is 9.50. The molecule has 2 heterocycles. The van der Waals surface area contributed by atoms with Gasteiger partial charge in [0, 0.05) is 22.7 Å². The third-order valence-electron chi connectivity index (χ3n) is 4.60. The molecule has 160 valence electrons. The van der Waals surface area contributed by atoms with Crippen LogP contribution in [0.2, 0.25) is 5.02 Å². The number of aromatic nitrogens is 2. The Morgan fingerprint density at radius 2 is 1.87 bits per heavy atom. The number of hydrogen-bond acceptors (Lipinski definition) is 4. The van der Waals surface area contributed by atoms with Gasteiger partial charge < -0.3 is 10.5 Å². The minimum atomic E-state index is -4.43. The molecule has 0 aliphatic carbocycles. The van der Waals surface area contributed by atoms with Crippen molar-refractivity contribution in [3.05, 3.63) is 53.3 Å². The molecule has 0 spiro atoms. The van der Waals surface area contributed by atoms with Crippen molar-refractivity contribution in [3.63, 3.8) is 0 Å². The summed E-state index contributed by atoms with van der Waals surface area (Å²) in [5.41, 5.74) is 6.38. The van der Waals surface area contributed by atoms with Crippen molar-refractivity contribution in [1.82, 2.24) is 9.97 Å². The summed E-state index contributed by atoms with van der Waals surface area (Å²) in [5, 5.41) is 0.895. The number of benzene rings is 1. The lowest BCUT2D eigenvalue weighted by Gasteiger charge is -2.26. The van der Waals surface area contributed by atoms with Crippen LogP contribution in [0.3, 0.4) is 0 Å². The summed E-state index contributed by atoms with van der Waals surface area (Å²) < 4.78 is 44.7. The second kappa shape index (κ2) is 8.40. The van der Waals surface area contributed by atoms with Crippen LogP contribution in [0.1, 0.15) is 32.8 Å². The summed E-state index contributed by atoms with van der Waals surface area (Å²) >= 11 is 6.38. The van der Waals surface area contributed by atoms with Crippen LogP contribution in [0, 0.1) is 5.92 Å². The van der Waals surface area contributed by atoms with Crippen LogP contribution >= 0.6 is 11.6 Å². The Kier molecular flexibility index (Phi) is 6.24. The van der Waals surface area contributed by atoms with Crippen molar-refractivity contribution < 1.29 is 17.9 Å². The van der Waals surface area contributed by atoms with Gasteiger partial charge in [-0.15, -0.1) is 0 Å². The van der Waals surface area contributed by atoms with Crippen LogP contribution in [-0.2, 0) is 6.18 Å². The lowest BCUT2D eigenvalue weighted by molar-refractivity contribution is -0.137. The minimum absolute atomic E-state index is 0.230. The molecule has 1 aromatic carbocycles. The molecule has 3 aromatic rings. The summed E-state index contributed by atoms with van der Waals surface area (Å²) in [5.74, 6) is 0.830. The van der Waals surface area contributed by atoms with Crippen LogP contribution in [0.25, 0.3) is 22.2 Å². The van der Waals surface area contributed by atoms with E-state index in [-0.39, 0.29) is 12.1 Å². The number of pyridine rings is 2. The lowest BCUT2D eigenvalue weighted by Crippen LogP contribution is -2.43. The molecule has 2 N–H and O–H groups in total. The maximum Gasteiger partial charge on any atom is 0.416 e. The molecule has 0 saturated heterocycles. The molecular formula is C22H23ClF3N3O. The molecule has 0 aliphatic heterocycles. The standard InChI is InChI=1S/C22H23ClF3N3O/c1-13(2)10-21(3,27)12-30-20-11-29-19(9-17(20)23)16-6-7-28-18-8-14(22(24,25)26)4-5-15(16)18/h4-9,11,13H,10,12,27H2,1-3H3. The molecule has 0 fully saturated rings.